The van der Waals surface area contributed by atoms with Crippen molar-refractivity contribution >= 4 is 34.2 Å². The number of nitrogens with one attached hydrogen (secondary N) is 2. The van der Waals surface area contributed by atoms with E-state index >= 15 is 0 Å². The summed E-state index contributed by atoms with van der Waals surface area (Å²) >= 11 is 6.15. The van der Waals surface area contributed by atoms with Crippen molar-refractivity contribution in [1.82, 2.24) is 20.5 Å². The molecule has 20 heavy (non-hydrogen) atoms. The lowest BCUT2D eigenvalue weighted by Gasteiger charge is -2.06. The first-order valence-electron chi connectivity index (χ1n) is 6.05. The Morgan fingerprint density at radius 2 is 2.15 bits per heavy atom. The van der Waals surface area contributed by atoms with E-state index in [1.807, 2.05) is 25.2 Å². The standard InChI is InChI=1S/C13H12ClN5O/c1-15-7-11-18-19-13(20-11)17-10-5-4-9(14)8-3-2-6-16-12(8)10/h2-6,15H,7H2,1H3,(H,17,19). The molecule has 0 spiro atoms. The topological polar surface area (TPSA) is 75.9 Å². The molecule has 6 nitrogen and oxygen atoms in total. The van der Waals surface area contributed by atoms with E-state index in [1.165, 1.54) is 0 Å². The summed E-state index contributed by atoms with van der Waals surface area (Å²) in [6.45, 7) is 0.522. The van der Waals surface area contributed by atoms with Crippen LogP contribution in [-0.4, -0.2) is 22.2 Å². The minimum Gasteiger partial charge on any atom is -0.406 e. The van der Waals surface area contributed by atoms with Crippen molar-refractivity contribution in [3.05, 3.63) is 41.4 Å². The van der Waals surface area contributed by atoms with Gasteiger partial charge in [-0.1, -0.05) is 16.7 Å². The molecule has 0 aliphatic heterocycles. The van der Waals surface area contributed by atoms with E-state index < -0.39 is 0 Å². The van der Waals surface area contributed by atoms with Crippen LogP contribution in [0.2, 0.25) is 5.02 Å². The summed E-state index contributed by atoms with van der Waals surface area (Å²) in [7, 11) is 1.81. The third kappa shape index (κ3) is 2.43. The fourth-order valence-electron chi connectivity index (χ4n) is 1.88. The van der Waals surface area contributed by atoms with Gasteiger partial charge in [0.25, 0.3) is 0 Å². The highest BCUT2D eigenvalue weighted by molar-refractivity contribution is 6.35. The third-order valence-corrected chi connectivity index (χ3v) is 3.08. The summed E-state index contributed by atoms with van der Waals surface area (Å²) in [6, 6.07) is 7.72. The zero-order valence-electron chi connectivity index (χ0n) is 10.7. The monoisotopic (exact) mass is 289 g/mol. The van der Waals surface area contributed by atoms with E-state index in [1.54, 1.807) is 12.3 Å². The van der Waals surface area contributed by atoms with Gasteiger partial charge in [-0.25, -0.2) is 0 Å². The summed E-state index contributed by atoms with van der Waals surface area (Å²) in [6.07, 6.45) is 1.71. The van der Waals surface area contributed by atoms with Crippen LogP contribution >= 0.6 is 11.6 Å². The van der Waals surface area contributed by atoms with Crippen LogP contribution < -0.4 is 10.6 Å². The number of fused-ring (bicyclic) bond motifs is 1. The Morgan fingerprint density at radius 3 is 3.00 bits per heavy atom. The molecule has 3 aromatic rings. The van der Waals surface area contributed by atoms with Gasteiger partial charge in [0.1, 0.15) is 0 Å². The van der Waals surface area contributed by atoms with Crippen molar-refractivity contribution < 1.29 is 4.42 Å². The second kappa shape index (κ2) is 5.44. The fraction of sp³-hybridized carbons (Fsp3) is 0.154. The van der Waals surface area contributed by atoms with Crippen molar-refractivity contribution in [2.45, 2.75) is 6.54 Å². The summed E-state index contributed by atoms with van der Waals surface area (Å²) in [5.41, 5.74) is 1.53. The molecule has 0 aliphatic rings. The molecular formula is C13H12ClN5O. The lowest BCUT2D eigenvalue weighted by atomic mass is 10.2. The number of nitrogens with zero attached hydrogens (tertiary/aromatic N) is 3. The van der Waals surface area contributed by atoms with Gasteiger partial charge in [-0.3, -0.25) is 4.98 Å². The van der Waals surface area contributed by atoms with Gasteiger partial charge < -0.3 is 15.1 Å². The quantitative estimate of drug-likeness (QED) is 0.769. The number of anilines is 2. The molecule has 2 aromatic heterocycles. The highest BCUT2D eigenvalue weighted by atomic mass is 35.5. The Hall–Kier alpha value is -2.18. The maximum atomic E-state index is 6.15. The van der Waals surface area contributed by atoms with Crippen LogP contribution in [0.1, 0.15) is 5.89 Å². The molecule has 0 unspecified atom stereocenters. The van der Waals surface area contributed by atoms with Gasteiger partial charge in [-0.15, -0.1) is 5.10 Å². The second-order valence-electron chi connectivity index (χ2n) is 4.15. The van der Waals surface area contributed by atoms with Gasteiger partial charge in [-0.05, 0) is 31.3 Å². The number of hydrogen-bond donors (Lipinski definition) is 2. The van der Waals surface area contributed by atoms with Crippen molar-refractivity contribution in [3.8, 4) is 0 Å². The zero-order valence-corrected chi connectivity index (χ0v) is 11.5. The predicted molar refractivity (Wildman–Crippen MR) is 77.1 cm³/mol. The van der Waals surface area contributed by atoms with E-state index in [0.29, 0.717) is 23.5 Å². The van der Waals surface area contributed by atoms with Crippen LogP contribution in [0.25, 0.3) is 10.9 Å². The lowest BCUT2D eigenvalue weighted by molar-refractivity contribution is 0.493. The zero-order chi connectivity index (χ0) is 13.9. The molecule has 0 aliphatic carbocycles. The Kier molecular flexibility index (Phi) is 3.49. The molecule has 0 amide bonds. The van der Waals surface area contributed by atoms with Crippen molar-refractivity contribution in [1.29, 1.82) is 0 Å². The van der Waals surface area contributed by atoms with E-state index in [4.69, 9.17) is 16.0 Å². The van der Waals surface area contributed by atoms with Crippen LogP contribution in [-0.2, 0) is 6.54 Å². The molecule has 3 rings (SSSR count). The lowest BCUT2D eigenvalue weighted by Crippen LogP contribution is -2.04. The molecule has 0 bridgehead atoms. The van der Waals surface area contributed by atoms with Crippen LogP contribution in [0, 0.1) is 0 Å². The van der Waals surface area contributed by atoms with Crippen molar-refractivity contribution in [2.24, 2.45) is 0 Å². The minimum absolute atomic E-state index is 0.324. The maximum absolute atomic E-state index is 6.15. The van der Waals surface area contributed by atoms with Gasteiger partial charge >= 0.3 is 6.01 Å². The Balaban J connectivity index is 1.96. The van der Waals surface area contributed by atoms with E-state index in [-0.39, 0.29) is 0 Å². The van der Waals surface area contributed by atoms with Crippen LogP contribution in [0.3, 0.4) is 0 Å². The highest BCUT2D eigenvalue weighted by Crippen LogP contribution is 2.29. The van der Waals surface area contributed by atoms with Crippen molar-refractivity contribution in [2.75, 3.05) is 12.4 Å². The number of pyridine rings is 1. The van der Waals surface area contributed by atoms with E-state index in [0.717, 1.165) is 16.6 Å². The van der Waals surface area contributed by atoms with Gasteiger partial charge in [-0.2, -0.15) is 0 Å². The Bertz CT molecular complexity index is 742. The van der Waals surface area contributed by atoms with E-state index in [2.05, 4.69) is 25.8 Å². The summed E-state index contributed by atoms with van der Waals surface area (Å²) in [4.78, 5) is 4.33. The number of rotatable bonds is 4. The summed E-state index contributed by atoms with van der Waals surface area (Å²) < 4.78 is 5.45. The Labute approximate surface area is 120 Å². The number of halogens is 1. The third-order valence-electron chi connectivity index (χ3n) is 2.75. The Morgan fingerprint density at radius 1 is 1.25 bits per heavy atom. The van der Waals surface area contributed by atoms with Gasteiger partial charge in [0.05, 0.1) is 22.8 Å². The predicted octanol–water partition coefficient (Wildman–Crippen LogP) is 2.73. The number of benzene rings is 1. The SMILES string of the molecule is CNCc1nnc(Nc2ccc(Cl)c3cccnc23)o1. The second-order valence-corrected chi connectivity index (χ2v) is 4.56. The van der Waals surface area contributed by atoms with Gasteiger partial charge in [0, 0.05) is 11.6 Å². The molecule has 0 radical (unpaired) electrons. The molecule has 7 heteroatoms. The van der Waals surface area contributed by atoms with Crippen molar-refractivity contribution in [3.63, 3.8) is 0 Å². The van der Waals surface area contributed by atoms with Gasteiger partial charge in [0.2, 0.25) is 5.89 Å². The van der Waals surface area contributed by atoms with Crippen LogP contribution in [0.5, 0.6) is 0 Å². The molecule has 2 N–H and O–H groups in total. The first-order valence-corrected chi connectivity index (χ1v) is 6.43. The van der Waals surface area contributed by atoms with Crippen LogP contribution in [0.4, 0.5) is 11.7 Å². The smallest absolute Gasteiger partial charge is 0.320 e. The van der Waals surface area contributed by atoms with Crippen LogP contribution in [0.15, 0.2) is 34.9 Å². The maximum Gasteiger partial charge on any atom is 0.320 e. The number of aromatic nitrogens is 3. The minimum atomic E-state index is 0.324. The average Bonchev–Trinajstić information content (AvgIpc) is 2.90. The summed E-state index contributed by atoms with van der Waals surface area (Å²) in [5, 5.41) is 15.4. The first-order chi connectivity index (χ1) is 9.78. The largest absolute Gasteiger partial charge is 0.406 e. The number of hydrogen-bond acceptors (Lipinski definition) is 6. The fourth-order valence-corrected chi connectivity index (χ4v) is 2.10. The molecule has 1 aromatic carbocycles. The molecular weight excluding hydrogens is 278 g/mol. The average molecular weight is 290 g/mol. The molecule has 2 heterocycles. The molecule has 0 atom stereocenters. The van der Waals surface area contributed by atoms with E-state index in [9.17, 15) is 0 Å². The first kappa shape index (κ1) is 12.8. The molecule has 0 fully saturated rings. The molecule has 0 saturated heterocycles. The molecule has 102 valence electrons. The van der Waals surface area contributed by atoms with Gasteiger partial charge in [0.15, 0.2) is 0 Å². The highest BCUT2D eigenvalue weighted by Gasteiger charge is 2.09. The summed E-state index contributed by atoms with van der Waals surface area (Å²) in [5.74, 6) is 0.515. The normalized spacial score (nSPS) is 10.9. The molecule has 0 saturated carbocycles.